The number of carboxylic acids is 1. The topological polar surface area (TPSA) is 84.6 Å². The summed E-state index contributed by atoms with van der Waals surface area (Å²) in [7, 11) is 4.06. The van der Waals surface area contributed by atoms with Gasteiger partial charge in [0.1, 0.15) is 11.4 Å². The maximum absolute atomic E-state index is 12.9. The standard InChI is InChI=1S/C33H35ClN4O3.C4H11N.CH4/c1-21-29-27(35-37(21)3)20-36(2)17-6-7-18-38-31-25(15-16-26(34)30(29)31)24(32(38)33(39)40)13-9-19-41-28-14-8-11-22-10-4-5-12-23(22)28;1-3-5-4-2;/h4-5,8,10-12,14-16H,6-7,9,13,17-20H2,1-3H3,(H,39,40);5H,3-4H2,1-2H3;1H4. The van der Waals surface area contributed by atoms with Crippen molar-refractivity contribution in [1.29, 1.82) is 0 Å². The van der Waals surface area contributed by atoms with Crippen molar-refractivity contribution in [3.05, 3.63) is 82.3 Å². The molecule has 8 nitrogen and oxygen atoms in total. The van der Waals surface area contributed by atoms with E-state index in [-0.39, 0.29) is 7.43 Å². The summed E-state index contributed by atoms with van der Waals surface area (Å²) in [5.41, 5.74) is 5.92. The van der Waals surface area contributed by atoms with E-state index >= 15 is 0 Å². The average molecular weight is 660 g/mol. The Kier molecular flexibility index (Phi) is 12.5. The number of aromatic nitrogens is 3. The van der Waals surface area contributed by atoms with Gasteiger partial charge in [-0.1, -0.05) is 75.3 Å². The monoisotopic (exact) mass is 659 g/mol. The molecule has 47 heavy (non-hydrogen) atoms. The number of rotatable bonds is 8. The van der Waals surface area contributed by atoms with Gasteiger partial charge >= 0.3 is 5.97 Å². The van der Waals surface area contributed by atoms with Gasteiger partial charge < -0.3 is 24.6 Å². The van der Waals surface area contributed by atoms with Gasteiger partial charge in [0.2, 0.25) is 0 Å². The molecule has 0 bridgehead atoms. The van der Waals surface area contributed by atoms with Crippen LogP contribution in [0.3, 0.4) is 0 Å². The Morgan fingerprint density at radius 3 is 2.43 bits per heavy atom. The molecule has 0 spiro atoms. The molecule has 2 aromatic heterocycles. The quantitative estimate of drug-likeness (QED) is 0.163. The zero-order chi connectivity index (χ0) is 32.8. The van der Waals surface area contributed by atoms with Gasteiger partial charge in [0.25, 0.3) is 0 Å². The van der Waals surface area contributed by atoms with Crippen molar-refractivity contribution in [3.63, 3.8) is 0 Å². The van der Waals surface area contributed by atoms with Crippen LogP contribution in [0.15, 0.2) is 54.6 Å². The number of ether oxygens (including phenoxy) is 1. The molecular formula is C38H50ClN5O3. The van der Waals surface area contributed by atoms with Crippen molar-refractivity contribution in [2.24, 2.45) is 7.05 Å². The molecule has 5 aromatic rings. The molecule has 0 atom stereocenters. The Balaban J connectivity index is 0.000000776. The molecule has 0 saturated carbocycles. The molecule has 9 heteroatoms. The van der Waals surface area contributed by atoms with Gasteiger partial charge in [-0.05, 0) is 82.4 Å². The maximum Gasteiger partial charge on any atom is 0.352 e. The number of nitrogens with one attached hydrogen (secondary N) is 1. The van der Waals surface area contributed by atoms with Crippen molar-refractivity contribution < 1.29 is 14.6 Å². The van der Waals surface area contributed by atoms with Crippen LogP contribution in [-0.4, -0.2) is 63.6 Å². The van der Waals surface area contributed by atoms with Crippen molar-refractivity contribution in [3.8, 4) is 16.9 Å². The number of hydrogen-bond acceptors (Lipinski definition) is 5. The van der Waals surface area contributed by atoms with E-state index in [4.69, 9.17) is 21.4 Å². The Bertz CT molecular complexity index is 1820. The molecule has 0 aliphatic carbocycles. The van der Waals surface area contributed by atoms with Crippen molar-refractivity contribution in [2.75, 3.05) is 33.3 Å². The molecule has 0 amide bonds. The molecule has 3 heterocycles. The minimum absolute atomic E-state index is 0. The lowest BCUT2D eigenvalue weighted by Crippen LogP contribution is -2.20. The molecular weight excluding hydrogens is 610 g/mol. The van der Waals surface area contributed by atoms with E-state index in [1.54, 1.807) is 0 Å². The summed E-state index contributed by atoms with van der Waals surface area (Å²) in [5.74, 6) is -0.0690. The lowest BCUT2D eigenvalue weighted by Gasteiger charge is -2.16. The lowest BCUT2D eigenvalue weighted by molar-refractivity contribution is 0.0684. The molecule has 0 saturated heterocycles. The number of fused-ring (bicyclic) bond motifs is 3. The highest BCUT2D eigenvalue weighted by Gasteiger charge is 2.29. The van der Waals surface area contributed by atoms with Crippen LogP contribution in [0.4, 0.5) is 0 Å². The van der Waals surface area contributed by atoms with E-state index in [1.807, 2.05) is 52.7 Å². The molecule has 0 fully saturated rings. The third-order valence-corrected chi connectivity index (χ3v) is 9.12. The number of nitrogens with zero attached hydrogens (tertiary/aromatic N) is 4. The zero-order valence-corrected chi connectivity index (χ0v) is 28.5. The number of halogens is 1. The van der Waals surface area contributed by atoms with E-state index in [2.05, 4.69) is 56.2 Å². The van der Waals surface area contributed by atoms with Gasteiger partial charge in [0.15, 0.2) is 0 Å². The second-order valence-corrected chi connectivity index (χ2v) is 12.4. The molecule has 0 unspecified atom stereocenters. The van der Waals surface area contributed by atoms with Gasteiger partial charge in [-0.2, -0.15) is 5.10 Å². The largest absolute Gasteiger partial charge is 0.493 e. The van der Waals surface area contributed by atoms with Crippen LogP contribution in [0.25, 0.3) is 32.8 Å². The normalized spacial score (nSPS) is 13.3. The Hall–Kier alpha value is -3.85. The van der Waals surface area contributed by atoms with Gasteiger partial charge in [-0.15, -0.1) is 0 Å². The Morgan fingerprint density at radius 1 is 0.979 bits per heavy atom. The van der Waals surface area contributed by atoms with Crippen molar-refractivity contribution in [2.45, 2.75) is 67.0 Å². The highest BCUT2D eigenvalue weighted by Crippen LogP contribution is 2.43. The fourth-order valence-corrected chi connectivity index (χ4v) is 6.80. The van der Waals surface area contributed by atoms with Crippen LogP contribution in [0.1, 0.15) is 68.0 Å². The highest BCUT2D eigenvalue weighted by atomic mass is 35.5. The molecule has 0 radical (unpaired) electrons. The second kappa shape index (κ2) is 16.3. The van der Waals surface area contributed by atoms with Crippen LogP contribution in [0.2, 0.25) is 5.02 Å². The molecule has 1 aliphatic rings. The SMILES string of the molecule is C.CCNCC.Cc1c2c(nn1C)CN(C)CCCCn1c(C(=O)O)c(CCCOc3cccc4ccccc34)c3ccc(Cl)c-2c31. The van der Waals surface area contributed by atoms with Crippen LogP contribution in [0.5, 0.6) is 5.75 Å². The van der Waals surface area contributed by atoms with E-state index in [9.17, 15) is 9.90 Å². The van der Waals surface area contributed by atoms with Crippen LogP contribution in [-0.2, 0) is 26.6 Å². The van der Waals surface area contributed by atoms with E-state index in [0.29, 0.717) is 43.3 Å². The predicted octanol–water partition coefficient (Wildman–Crippen LogP) is 8.34. The molecule has 2 N–H and O–H groups in total. The molecule has 6 rings (SSSR count). The van der Waals surface area contributed by atoms with Crippen molar-refractivity contribution in [1.82, 2.24) is 24.6 Å². The number of benzene rings is 3. The minimum Gasteiger partial charge on any atom is -0.493 e. The summed E-state index contributed by atoms with van der Waals surface area (Å²) in [4.78, 5) is 15.1. The predicted molar refractivity (Wildman–Crippen MR) is 195 cm³/mol. The number of aromatic carboxylic acids is 1. The first-order valence-corrected chi connectivity index (χ1v) is 16.7. The third-order valence-electron chi connectivity index (χ3n) is 8.81. The van der Waals surface area contributed by atoms with Gasteiger partial charge in [0.05, 0.1) is 22.8 Å². The van der Waals surface area contributed by atoms with Gasteiger partial charge in [-0.3, -0.25) is 4.68 Å². The van der Waals surface area contributed by atoms with Gasteiger partial charge in [0, 0.05) is 47.7 Å². The van der Waals surface area contributed by atoms with E-state index in [1.165, 1.54) is 0 Å². The zero-order valence-electron chi connectivity index (χ0n) is 27.7. The summed E-state index contributed by atoms with van der Waals surface area (Å²) < 4.78 is 10.1. The molecule has 1 aliphatic heterocycles. The fraction of sp³-hybridized carbons (Fsp3) is 0.421. The molecule has 3 aromatic carbocycles. The first-order valence-electron chi connectivity index (χ1n) is 16.4. The summed E-state index contributed by atoms with van der Waals surface area (Å²) in [6, 6.07) is 18.1. The average Bonchev–Trinajstić information content (AvgIpc) is 3.49. The Labute approximate surface area is 284 Å². The van der Waals surface area contributed by atoms with E-state index < -0.39 is 5.97 Å². The maximum atomic E-state index is 12.9. The summed E-state index contributed by atoms with van der Waals surface area (Å²) in [6.07, 6.45) is 3.09. The van der Waals surface area contributed by atoms with Crippen LogP contribution in [0, 0.1) is 6.92 Å². The highest BCUT2D eigenvalue weighted by molar-refractivity contribution is 6.35. The number of carbonyl (C=O) groups is 1. The fourth-order valence-electron chi connectivity index (χ4n) is 6.55. The number of hydrogen-bond donors (Lipinski definition) is 2. The lowest BCUT2D eigenvalue weighted by atomic mass is 9.98. The van der Waals surface area contributed by atoms with Gasteiger partial charge in [-0.25, -0.2) is 4.79 Å². The minimum atomic E-state index is -0.914. The summed E-state index contributed by atoms with van der Waals surface area (Å²) in [6.45, 7) is 11.1. The smallest absolute Gasteiger partial charge is 0.352 e. The molecule has 252 valence electrons. The first kappa shape index (κ1) is 36.0. The van der Waals surface area contributed by atoms with E-state index in [0.717, 1.165) is 88.0 Å². The third kappa shape index (κ3) is 7.67. The van der Waals surface area contributed by atoms with Crippen LogP contribution < -0.4 is 10.1 Å². The van der Waals surface area contributed by atoms with Crippen LogP contribution >= 0.6 is 11.6 Å². The van der Waals surface area contributed by atoms with Crippen molar-refractivity contribution >= 4 is 39.2 Å². The first-order chi connectivity index (χ1) is 22.3. The summed E-state index contributed by atoms with van der Waals surface area (Å²) >= 11 is 6.97. The number of carboxylic acid groups (broad SMARTS) is 1. The Morgan fingerprint density at radius 2 is 1.70 bits per heavy atom. The number of aryl methyl sites for hydroxylation is 3. The second-order valence-electron chi connectivity index (χ2n) is 12.0. The summed E-state index contributed by atoms with van der Waals surface area (Å²) in [5, 5.41) is 22.3.